The van der Waals surface area contributed by atoms with E-state index in [4.69, 9.17) is 16.3 Å². The molecule has 1 unspecified atom stereocenters. The molecule has 1 saturated carbocycles. The summed E-state index contributed by atoms with van der Waals surface area (Å²) < 4.78 is 19.0. The second kappa shape index (κ2) is 10.7. The number of hydrogen-bond donors (Lipinski definition) is 2. The number of amides is 1. The standard InChI is InChI=1S/C29H22ClFN2O6S/c1-16(17-4-9-21(31)10-5-17)39-28(36)32-23-15-25(30)40-26(23)19-6-11-22(24(14-19)33(37)38)18-2-7-20(8-3-18)29(12-13-29)27(34)35/h2-11,14-16H,12-13H2,1H3,(H,32,36)(H,34,35). The minimum Gasteiger partial charge on any atom is -0.481 e. The summed E-state index contributed by atoms with van der Waals surface area (Å²) in [5, 5.41) is 24.2. The van der Waals surface area contributed by atoms with E-state index in [1.165, 1.54) is 36.4 Å². The summed E-state index contributed by atoms with van der Waals surface area (Å²) in [6.45, 7) is 1.65. The van der Waals surface area contributed by atoms with Crippen LogP contribution in [0.15, 0.2) is 72.8 Å². The van der Waals surface area contributed by atoms with E-state index in [9.17, 15) is 29.2 Å². The Morgan fingerprint density at radius 1 is 1.07 bits per heavy atom. The molecule has 1 atom stereocenters. The number of nitro benzene ring substituents is 1. The van der Waals surface area contributed by atoms with Gasteiger partial charge in [0.1, 0.15) is 11.9 Å². The number of nitrogens with one attached hydrogen (secondary N) is 1. The minimum atomic E-state index is -0.872. The van der Waals surface area contributed by atoms with Gasteiger partial charge in [0.2, 0.25) is 0 Å². The van der Waals surface area contributed by atoms with E-state index in [2.05, 4.69) is 5.32 Å². The SMILES string of the molecule is CC(OC(=O)Nc1cc(Cl)sc1-c1ccc(-c2ccc(C3(C(=O)O)CC3)cc2)c([N+](=O)[O-])c1)c1ccc(F)cc1. The van der Waals surface area contributed by atoms with Gasteiger partial charge in [-0.2, -0.15) is 0 Å². The van der Waals surface area contributed by atoms with E-state index in [1.807, 2.05) is 0 Å². The van der Waals surface area contributed by atoms with Gasteiger partial charge in [-0.1, -0.05) is 54.1 Å². The molecule has 40 heavy (non-hydrogen) atoms. The van der Waals surface area contributed by atoms with E-state index in [0.717, 1.165) is 11.3 Å². The Bertz CT molecular complexity index is 1620. The van der Waals surface area contributed by atoms with Gasteiger partial charge in [0.25, 0.3) is 5.69 Å². The number of carbonyl (C=O) groups is 2. The number of anilines is 1. The molecule has 1 amide bonds. The van der Waals surface area contributed by atoms with Crippen LogP contribution in [0.2, 0.25) is 4.34 Å². The van der Waals surface area contributed by atoms with E-state index in [1.54, 1.807) is 43.3 Å². The number of nitrogens with zero attached hydrogens (tertiary/aromatic N) is 1. The van der Waals surface area contributed by atoms with Crippen LogP contribution in [0.25, 0.3) is 21.6 Å². The summed E-state index contributed by atoms with van der Waals surface area (Å²) in [5.41, 5.74) is 1.98. The predicted molar refractivity (Wildman–Crippen MR) is 150 cm³/mol. The second-order valence-electron chi connectivity index (χ2n) is 9.47. The van der Waals surface area contributed by atoms with Gasteiger partial charge < -0.3 is 9.84 Å². The van der Waals surface area contributed by atoms with Gasteiger partial charge in [0.05, 0.1) is 30.8 Å². The van der Waals surface area contributed by atoms with Gasteiger partial charge in [0, 0.05) is 11.6 Å². The van der Waals surface area contributed by atoms with Gasteiger partial charge in [-0.25, -0.2) is 9.18 Å². The van der Waals surface area contributed by atoms with Crippen LogP contribution in [0.3, 0.4) is 0 Å². The van der Waals surface area contributed by atoms with Crippen LogP contribution in [0, 0.1) is 15.9 Å². The molecule has 3 aromatic carbocycles. The summed E-state index contributed by atoms with van der Waals surface area (Å²) >= 11 is 7.38. The van der Waals surface area contributed by atoms with Crippen LogP contribution in [0.4, 0.5) is 20.6 Å². The van der Waals surface area contributed by atoms with Crippen molar-refractivity contribution < 1.29 is 28.7 Å². The van der Waals surface area contributed by atoms with E-state index >= 15 is 0 Å². The Labute approximate surface area is 237 Å². The van der Waals surface area contributed by atoms with Crippen molar-refractivity contribution in [2.45, 2.75) is 31.3 Å². The Morgan fingerprint density at radius 2 is 1.73 bits per heavy atom. The monoisotopic (exact) mass is 580 g/mol. The summed E-state index contributed by atoms with van der Waals surface area (Å²) in [4.78, 5) is 36.3. The van der Waals surface area contributed by atoms with E-state index in [-0.39, 0.29) is 5.69 Å². The van der Waals surface area contributed by atoms with Crippen LogP contribution < -0.4 is 5.32 Å². The second-order valence-corrected chi connectivity index (χ2v) is 11.2. The smallest absolute Gasteiger partial charge is 0.412 e. The number of nitro groups is 1. The zero-order valence-electron chi connectivity index (χ0n) is 21.0. The lowest BCUT2D eigenvalue weighted by Crippen LogP contribution is -2.19. The first kappa shape index (κ1) is 27.3. The number of halogens is 2. The molecule has 1 aliphatic rings. The average molecular weight is 581 g/mol. The van der Waals surface area contributed by atoms with Crippen LogP contribution in [-0.4, -0.2) is 22.1 Å². The summed E-state index contributed by atoms with van der Waals surface area (Å²) in [6, 6.07) is 18.6. The number of carbonyl (C=O) groups excluding carboxylic acids is 1. The first-order chi connectivity index (χ1) is 19.1. The fourth-order valence-corrected chi connectivity index (χ4v) is 5.74. The molecular formula is C29H22ClFN2O6S. The van der Waals surface area contributed by atoms with Gasteiger partial charge in [-0.05, 0) is 60.7 Å². The van der Waals surface area contributed by atoms with Gasteiger partial charge in [-0.3, -0.25) is 20.2 Å². The number of rotatable bonds is 8. The van der Waals surface area contributed by atoms with Crippen LogP contribution in [0.1, 0.15) is 37.0 Å². The molecule has 2 N–H and O–H groups in total. The molecule has 1 fully saturated rings. The average Bonchev–Trinajstić information content (AvgIpc) is 3.66. The molecule has 0 bridgehead atoms. The number of aliphatic carboxylic acids is 1. The highest BCUT2D eigenvalue weighted by atomic mass is 35.5. The van der Waals surface area contributed by atoms with Crippen molar-refractivity contribution >= 4 is 46.4 Å². The molecule has 0 saturated heterocycles. The first-order valence-electron chi connectivity index (χ1n) is 12.2. The Kier molecular flexibility index (Phi) is 7.31. The summed E-state index contributed by atoms with van der Waals surface area (Å²) in [7, 11) is 0. The lowest BCUT2D eigenvalue weighted by Gasteiger charge is -2.15. The van der Waals surface area contributed by atoms with E-state index < -0.39 is 34.3 Å². The molecule has 1 aromatic heterocycles. The van der Waals surface area contributed by atoms with Crippen molar-refractivity contribution in [3.63, 3.8) is 0 Å². The van der Waals surface area contributed by atoms with E-state index in [0.29, 0.717) is 55.6 Å². The molecular weight excluding hydrogens is 559 g/mol. The third kappa shape index (κ3) is 5.41. The Balaban J connectivity index is 1.39. The molecule has 1 heterocycles. The fraction of sp³-hybridized carbons (Fsp3) is 0.172. The molecule has 5 rings (SSSR count). The number of carboxylic acid groups (broad SMARTS) is 1. The molecule has 4 aromatic rings. The summed E-state index contributed by atoms with van der Waals surface area (Å²) in [5.74, 6) is -1.27. The third-order valence-electron chi connectivity index (χ3n) is 6.93. The topological polar surface area (TPSA) is 119 Å². The molecule has 0 spiro atoms. The highest BCUT2D eigenvalue weighted by Gasteiger charge is 2.51. The quantitative estimate of drug-likeness (QED) is 0.160. The lowest BCUT2D eigenvalue weighted by atomic mass is 9.93. The van der Waals surface area contributed by atoms with Crippen molar-refractivity contribution in [3.8, 4) is 21.6 Å². The van der Waals surface area contributed by atoms with Crippen LogP contribution in [0.5, 0.6) is 0 Å². The maximum Gasteiger partial charge on any atom is 0.412 e. The molecule has 0 radical (unpaired) electrons. The lowest BCUT2D eigenvalue weighted by molar-refractivity contribution is -0.384. The first-order valence-corrected chi connectivity index (χ1v) is 13.4. The highest BCUT2D eigenvalue weighted by molar-refractivity contribution is 7.20. The number of thiophene rings is 1. The fourth-order valence-electron chi connectivity index (χ4n) is 4.56. The van der Waals surface area contributed by atoms with Gasteiger partial charge in [-0.15, -0.1) is 11.3 Å². The van der Waals surface area contributed by atoms with Crippen LogP contribution in [-0.2, 0) is 14.9 Å². The van der Waals surface area contributed by atoms with Gasteiger partial charge >= 0.3 is 12.1 Å². The highest BCUT2D eigenvalue weighted by Crippen LogP contribution is 2.49. The van der Waals surface area contributed by atoms with Crippen molar-refractivity contribution in [1.82, 2.24) is 0 Å². The van der Waals surface area contributed by atoms with Crippen molar-refractivity contribution in [2.24, 2.45) is 0 Å². The molecule has 204 valence electrons. The van der Waals surface area contributed by atoms with Gasteiger partial charge in [0.15, 0.2) is 0 Å². The maximum absolute atomic E-state index is 13.2. The van der Waals surface area contributed by atoms with Crippen molar-refractivity contribution in [2.75, 3.05) is 5.32 Å². The predicted octanol–water partition coefficient (Wildman–Crippen LogP) is 8.21. The number of ether oxygens (including phenoxy) is 1. The number of hydrogen-bond acceptors (Lipinski definition) is 6. The Morgan fingerprint density at radius 3 is 2.33 bits per heavy atom. The summed E-state index contributed by atoms with van der Waals surface area (Å²) in [6.07, 6.45) is -0.298. The van der Waals surface area contributed by atoms with Crippen molar-refractivity contribution in [1.29, 1.82) is 0 Å². The number of benzene rings is 3. The Hall–Kier alpha value is -4.28. The largest absolute Gasteiger partial charge is 0.481 e. The zero-order valence-corrected chi connectivity index (χ0v) is 22.6. The molecule has 0 aliphatic heterocycles. The molecule has 11 heteroatoms. The molecule has 8 nitrogen and oxygen atoms in total. The third-order valence-corrected chi connectivity index (χ3v) is 8.24. The normalized spacial score (nSPS) is 14.3. The maximum atomic E-state index is 13.2. The van der Waals surface area contributed by atoms with Crippen molar-refractivity contribution in [3.05, 3.63) is 104 Å². The zero-order chi connectivity index (χ0) is 28.6. The van der Waals surface area contributed by atoms with Crippen LogP contribution >= 0.6 is 22.9 Å². The molecule has 1 aliphatic carbocycles. The minimum absolute atomic E-state index is 0.160. The number of carboxylic acids is 1.